The van der Waals surface area contributed by atoms with Crippen LogP contribution in [0.25, 0.3) is 0 Å². The molecule has 3 atom stereocenters. The molecule has 1 saturated carbocycles. The lowest BCUT2D eigenvalue weighted by molar-refractivity contribution is -0.147. The number of hydrogen-bond acceptors (Lipinski definition) is 3. The number of carbonyl (C=O) groups excluding carboxylic acids is 1. The van der Waals surface area contributed by atoms with Crippen LogP contribution in [-0.2, 0) is 9.53 Å². The number of carboxylic acid groups (broad SMARTS) is 1. The molecule has 0 spiro atoms. The summed E-state index contributed by atoms with van der Waals surface area (Å²) >= 11 is 0. The van der Waals surface area contributed by atoms with Crippen molar-refractivity contribution in [3.8, 4) is 0 Å². The number of amides is 1. The maximum atomic E-state index is 12.1. The Morgan fingerprint density at radius 3 is 2.50 bits per heavy atom. The number of rotatable bonds is 1. The molecule has 0 aromatic heterocycles. The first-order chi connectivity index (χ1) is 9.28. The van der Waals surface area contributed by atoms with Crippen LogP contribution in [0.15, 0.2) is 0 Å². The van der Waals surface area contributed by atoms with Crippen molar-refractivity contribution in [3.63, 3.8) is 0 Å². The topological polar surface area (TPSA) is 66.8 Å². The van der Waals surface area contributed by atoms with Gasteiger partial charge in [0, 0.05) is 13.1 Å². The van der Waals surface area contributed by atoms with Gasteiger partial charge in [0.1, 0.15) is 5.60 Å². The summed E-state index contributed by atoms with van der Waals surface area (Å²) in [6.45, 7) is 6.83. The molecule has 0 aromatic carbocycles. The number of carbonyl (C=O) groups is 2. The molecule has 3 unspecified atom stereocenters. The van der Waals surface area contributed by atoms with Crippen molar-refractivity contribution in [2.24, 2.45) is 17.8 Å². The average molecular weight is 283 g/mol. The molecule has 2 aliphatic rings. The Balaban J connectivity index is 1.97. The molecule has 5 nitrogen and oxygen atoms in total. The monoisotopic (exact) mass is 283 g/mol. The van der Waals surface area contributed by atoms with Gasteiger partial charge in [0.25, 0.3) is 0 Å². The summed E-state index contributed by atoms with van der Waals surface area (Å²) in [5, 5.41) is 9.30. The van der Waals surface area contributed by atoms with Crippen LogP contribution in [0.2, 0.25) is 0 Å². The average Bonchev–Trinajstić information content (AvgIpc) is 2.35. The second-order valence-corrected chi connectivity index (χ2v) is 7.01. The predicted molar refractivity (Wildman–Crippen MR) is 74.4 cm³/mol. The molecule has 0 aromatic rings. The predicted octanol–water partition coefficient (Wildman–Crippen LogP) is 2.74. The molecular weight excluding hydrogens is 258 g/mol. The highest BCUT2D eigenvalue weighted by Gasteiger charge is 2.42. The summed E-state index contributed by atoms with van der Waals surface area (Å²) in [5.41, 5.74) is -0.482. The Morgan fingerprint density at radius 1 is 1.20 bits per heavy atom. The number of nitrogens with zero attached hydrogens (tertiary/aromatic N) is 1. The number of piperidine rings is 1. The van der Waals surface area contributed by atoms with E-state index in [9.17, 15) is 14.7 Å². The lowest BCUT2D eigenvalue weighted by Crippen LogP contribution is -2.49. The Labute approximate surface area is 120 Å². The van der Waals surface area contributed by atoms with E-state index in [1.165, 1.54) is 0 Å². The van der Waals surface area contributed by atoms with Gasteiger partial charge in [-0.3, -0.25) is 4.79 Å². The van der Waals surface area contributed by atoms with Gasteiger partial charge in [0.2, 0.25) is 0 Å². The van der Waals surface area contributed by atoms with E-state index in [1.807, 2.05) is 20.8 Å². The fourth-order valence-electron chi connectivity index (χ4n) is 3.50. The van der Waals surface area contributed by atoms with E-state index in [0.29, 0.717) is 19.0 Å². The molecule has 0 bridgehead atoms. The van der Waals surface area contributed by atoms with Crippen LogP contribution in [0.5, 0.6) is 0 Å². The summed E-state index contributed by atoms with van der Waals surface area (Å²) < 4.78 is 5.40. The minimum Gasteiger partial charge on any atom is -0.481 e. The largest absolute Gasteiger partial charge is 0.481 e. The molecule has 1 heterocycles. The van der Waals surface area contributed by atoms with Gasteiger partial charge in [-0.2, -0.15) is 0 Å². The number of likely N-dealkylation sites (tertiary alicyclic amines) is 1. The summed E-state index contributed by atoms with van der Waals surface area (Å²) in [4.78, 5) is 25.1. The van der Waals surface area contributed by atoms with Crippen LogP contribution in [0.3, 0.4) is 0 Å². The van der Waals surface area contributed by atoms with E-state index in [-0.39, 0.29) is 17.9 Å². The number of ether oxygens (including phenoxy) is 1. The smallest absolute Gasteiger partial charge is 0.410 e. The highest BCUT2D eigenvalue weighted by atomic mass is 16.6. The van der Waals surface area contributed by atoms with Crippen molar-refractivity contribution < 1.29 is 19.4 Å². The van der Waals surface area contributed by atoms with Crippen molar-refractivity contribution in [1.82, 2.24) is 4.90 Å². The molecule has 5 heteroatoms. The fourth-order valence-corrected chi connectivity index (χ4v) is 3.50. The van der Waals surface area contributed by atoms with Crippen LogP contribution in [-0.4, -0.2) is 40.8 Å². The minimum absolute atomic E-state index is 0.222. The molecule has 20 heavy (non-hydrogen) atoms. The molecule has 114 valence electrons. The quantitative estimate of drug-likeness (QED) is 0.803. The Kier molecular flexibility index (Phi) is 4.25. The van der Waals surface area contributed by atoms with E-state index in [1.54, 1.807) is 4.90 Å². The first-order valence-corrected chi connectivity index (χ1v) is 7.48. The lowest BCUT2D eigenvalue weighted by atomic mass is 9.68. The Bertz CT molecular complexity index is 388. The van der Waals surface area contributed by atoms with Crippen molar-refractivity contribution in [1.29, 1.82) is 0 Å². The highest BCUT2D eigenvalue weighted by molar-refractivity contribution is 5.71. The van der Waals surface area contributed by atoms with E-state index >= 15 is 0 Å². The van der Waals surface area contributed by atoms with Gasteiger partial charge in [-0.25, -0.2) is 4.79 Å². The van der Waals surface area contributed by atoms with Gasteiger partial charge in [0.05, 0.1) is 5.92 Å². The van der Waals surface area contributed by atoms with Gasteiger partial charge < -0.3 is 14.7 Å². The van der Waals surface area contributed by atoms with E-state index in [4.69, 9.17) is 4.74 Å². The van der Waals surface area contributed by atoms with Crippen LogP contribution >= 0.6 is 0 Å². The zero-order chi connectivity index (χ0) is 14.9. The van der Waals surface area contributed by atoms with E-state index in [0.717, 1.165) is 25.7 Å². The number of carboxylic acids is 1. The number of fused-ring (bicyclic) bond motifs is 1. The molecule has 1 saturated heterocycles. The molecule has 1 N–H and O–H groups in total. The molecular formula is C15H25NO4. The van der Waals surface area contributed by atoms with Crippen LogP contribution in [0.1, 0.15) is 46.5 Å². The Hall–Kier alpha value is -1.26. The number of hydrogen-bond donors (Lipinski definition) is 1. The summed E-state index contributed by atoms with van der Waals surface area (Å²) in [6.07, 6.45) is 3.26. The maximum absolute atomic E-state index is 12.1. The van der Waals surface area contributed by atoms with Crippen molar-refractivity contribution in [3.05, 3.63) is 0 Å². The first-order valence-electron chi connectivity index (χ1n) is 7.48. The van der Waals surface area contributed by atoms with Crippen molar-refractivity contribution >= 4 is 12.1 Å². The van der Waals surface area contributed by atoms with Gasteiger partial charge >= 0.3 is 12.1 Å². The second-order valence-electron chi connectivity index (χ2n) is 7.01. The Morgan fingerprint density at radius 2 is 1.90 bits per heavy atom. The maximum Gasteiger partial charge on any atom is 0.410 e. The highest BCUT2D eigenvalue weighted by Crippen LogP contribution is 2.40. The molecule has 1 aliphatic heterocycles. The zero-order valence-electron chi connectivity index (χ0n) is 12.6. The zero-order valence-corrected chi connectivity index (χ0v) is 12.6. The standard InChI is InChI=1S/C15H25NO4/c1-15(2,3)20-14(19)16-8-7-11-10(9-16)5-4-6-12(11)13(17)18/h10-12H,4-9H2,1-3H3,(H,17,18). The van der Waals surface area contributed by atoms with E-state index in [2.05, 4.69) is 0 Å². The van der Waals surface area contributed by atoms with E-state index < -0.39 is 11.6 Å². The summed E-state index contributed by atoms with van der Waals surface area (Å²) in [7, 11) is 0. The van der Waals surface area contributed by atoms with Crippen LogP contribution in [0.4, 0.5) is 4.79 Å². The van der Waals surface area contributed by atoms with Gasteiger partial charge in [-0.15, -0.1) is 0 Å². The fraction of sp³-hybridized carbons (Fsp3) is 0.867. The molecule has 2 rings (SSSR count). The first kappa shape index (κ1) is 15.1. The minimum atomic E-state index is -0.676. The van der Waals surface area contributed by atoms with Crippen molar-refractivity contribution in [2.45, 2.75) is 52.1 Å². The molecule has 1 aliphatic carbocycles. The third-order valence-electron chi connectivity index (χ3n) is 4.37. The molecule has 0 radical (unpaired) electrons. The summed E-state index contributed by atoms with van der Waals surface area (Å²) in [6, 6.07) is 0. The lowest BCUT2D eigenvalue weighted by Gasteiger charge is -2.43. The molecule has 1 amide bonds. The van der Waals surface area contributed by atoms with Gasteiger partial charge in [0.15, 0.2) is 0 Å². The number of aliphatic carboxylic acids is 1. The SMILES string of the molecule is CC(C)(C)OC(=O)N1CCC2C(CCCC2C(=O)O)C1. The van der Waals surface area contributed by atoms with Crippen LogP contribution < -0.4 is 0 Å². The molecule has 2 fully saturated rings. The van der Waals surface area contributed by atoms with Crippen LogP contribution in [0, 0.1) is 17.8 Å². The third-order valence-corrected chi connectivity index (χ3v) is 4.37. The second kappa shape index (κ2) is 5.62. The van der Waals surface area contributed by atoms with Crippen molar-refractivity contribution in [2.75, 3.05) is 13.1 Å². The normalized spacial score (nSPS) is 30.6. The van der Waals surface area contributed by atoms with Gasteiger partial charge in [-0.1, -0.05) is 6.42 Å². The summed E-state index contributed by atoms with van der Waals surface area (Å²) in [5.74, 6) is -0.369. The third kappa shape index (κ3) is 3.44. The van der Waals surface area contributed by atoms with Gasteiger partial charge in [-0.05, 0) is 51.9 Å².